The lowest BCUT2D eigenvalue weighted by atomic mass is 9.78. The number of fused-ring (bicyclic) bond motifs is 5. The predicted molar refractivity (Wildman–Crippen MR) is 155 cm³/mol. The molecule has 1 aliphatic carbocycles. The van der Waals surface area contributed by atoms with E-state index in [2.05, 4.69) is 86.6 Å². The van der Waals surface area contributed by atoms with E-state index in [9.17, 15) is 0 Å². The normalized spacial score (nSPS) is 16.2. The predicted octanol–water partition coefficient (Wildman–Crippen LogP) is 10.2. The van der Waals surface area contributed by atoms with E-state index >= 15 is 0 Å². The van der Waals surface area contributed by atoms with Crippen LogP contribution in [0.4, 0.5) is 0 Å². The van der Waals surface area contributed by atoms with Gasteiger partial charge in [0.15, 0.2) is 0 Å². The lowest BCUT2D eigenvalue weighted by Crippen LogP contribution is -2.26. The van der Waals surface area contributed by atoms with Gasteiger partial charge < -0.3 is 4.74 Å². The van der Waals surface area contributed by atoms with Crippen molar-refractivity contribution < 1.29 is 4.74 Å². The largest absolute Gasteiger partial charge is 0.490 e. The van der Waals surface area contributed by atoms with Crippen molar-refractivity contribution in [2.24, 2.45) is 0 Å². The molecule has 0 bridgehead atoms. The molecule has 2 atom stereocenters. The molecule has 1 heteroatoms. The van der Waals surface area contributed by atoms with Crippen molar-refractivity contribution in [1.82, 2.24) is 0 Å². The molecule has 2 unspecified atom stereocenters. The molecular weight excluding hydrogens is 436 g/mol. The Kier molecular flexibility index (Phi) is 8.26. The molecule has 0 heterocycles. The number of aryl methyl sites for hydroxylation is 2. The Morgan fingerprint density at radius 2 is 1.50 bits per heavy atom. The molecule has 188 valence electrons. The third-order valence-corrected chi connectivity index (χ3v) is 8.32. The van der Waals surface area contributed by atoms with Crippen LogP contribution in [0.1, 0.15) is 94.2 Å². The van der Waals surface area contributed by atoms with E-state index in [4.69, 9.17) is 4.74 Å². The summed E-state index contributed by atoms with van der Waals surface area (Å²) in [7, 11) is 0. The van der Waals surface area contributed by atoms with Crippen molar-refractivity contribution in [3.8, 4) is 5.75 Å². The fourth-order valence-electron chi connectivity index (χ4n) is 6.32. The minimum absolute atomic E-state index is 0.164. The van der Waals surface area contributed by atoms with Gasteiger partial charge in [0.25, 0.3) is 0 Å². The van der Waals surface area contributed by atoms with Crippen molar-refractivity contribution in [2.75, 3.05) is 0 Å². The third kappa shape index (κ3) is 5.46. The van der Waals surface area contributed by atoms with Crippen LogP contribution in [-0.2, 0) is 12.8 Å². The molecule has 0 fully saturated rings. The molecule has 4 aromatic rings. The Morgan fingerprint density at radius 1 is 0.750 bits per heavy atom. The summed E-state index contributed by atoms with van der Waals surface area (Å²) < 4.78 is 6.73. The number of hydrogen-bond acceptors (Lipinski definition) is 1. The molecule has 0 saturated carbocycles. The molecule has 0 amide bonds. The fraction of sp³-hybridized carbons (Fsp3) is 0.429. The summed E-state index contributed by atoms with van der Waals surface area (Å²) in [6.07, 6.45) is 14.3. The van der Waals surface area contributed by atoms with Gasteiger partial charge in [-0.2, -0.15) is 0 Å². The van der Waals surface area contributed by atoms with E-state index < -0.39 is 0 Å². The average molecular weight is 479 g/mol. The lowest BCUT2D eigenvalue weighted by molar-refractivity contribution is 0.176. The molecule has 0 aromatic heterocycles. The molecule has 0 N–H and O–H groups in total. The van der Waals surface area contributed by atoms with Gasteiger partial charge in [0.2, 0.25) is 0 Å². The van der Waals surface area contributed by atoms with E-state index in [1.165, 1.54) is 96.9 Å². The SMILES string of the molecule is CCCCCCCCCc1ccccc1OC(C)C1CCCc2c1ccc1c2ccc2ccccc21. The minimum Gasteiger partial charge on any atom is -0.490 e. The first-order chi connectivity index (χ1) is 17.8. The second-order valence-corrected chi connectivity index (χ2v) is 10.8. The van der Waals surface area contributed by atoms with Gasteiger partial charge in [-0.15, -0.1) is 0 Å². The number of unbranched alkanes of at least 4 members (excludes halogenated alkanes) is 6. The zero-order chi connectivity index (χ0) is 24.7. The Hall–Kier alpha value is -2.80. The van der Waals surface area contributed by atoms with Crippen molar-refractivity contribution in [3.63, 3.8) is 0 Å². The van der Waals surface area contributed by atoms with E-state index in [1.54, 1.807) is 5.56 Å². The molecule has 0 saturated heterocycles. The van der Waals surface area contributed by atoms with Gasteiger partial charge >= 0.3 is 0 Å². The standard InChI is InChI=1S/C35H42O/c1-3-4-5-6-7-8-9-16-28-17-11-13-21-35(28)36-26(2)29-19-14-20-31-32(29)24-25-33-30-18-12-10-15-27(30)22-23-34(31)33/h10-13,15,17-18,21-26,29H,3-9,14,16,19-20H2,1-2H3. The van der Waals surface area contributed by atoms with Crippen LogP contribution in [0.5, 0.6) is 5.75 Å². The van der Waals surface area contributed by atoms with Crippen LogP contribution < -0.4 is 4.74 Å². The zero-order valence-electron chi connectivity index (χ0n) is 22.3. The van der Waals surface area contributed by atoms with E-state index in [0.717, 1.165) is 12.2 Å². The number of ether oxygens (including phenoxy) is 1. The maximum atomic E-state index is 6.73. The highest BCUT2D eigenvalue weighted by molar-refractivity contribution is 6.08. The molecule has 0 aliphatic heterocycles. The average Bonchev–Trinajstić information content (AvgIpc) is 2.92. The lowest BCUT2D eigenvalue weighted by Gasteiger charge is -2.32. The zero-order valence-corrected chi connectivity index (χ0v) is 22.3. The fourth-order valence-corrected chi connectivity index (χ4v) is 6.32. The summed E-state index contributed by atoms with van der Waals surface area (Å²) in [4.78, 5) is 0. The van der Waals surface area contributed by atoms with Gasteiger partial charge in [0.1, 0.15) is 11.9 Å². The maximum absolute atomic E-state index is 6.73. The maximum Gasteiger partial charge on any atom is 0.122 e. The monoisotopic (exact) mass is 478 g/mol. The van der Waals surface area contributed by atoms with Crippen LogP contribution in [-0.4, -0.2) is 6.10 Å². The summed E-state index contributed by atoms with van der Waals surface area (Å²) in [5.74, 6) is 1.53. The van der Waals surface area contributed by atoms with E-state index in [1.807, 2.05) is 0 Å². The number of rotatable bonds is 11. The highest BCUT2D eigenvalue weighted by Crippen LogP contribution is 2.40. The van der Waals surface area contributed by atoms with Gasteiger partial charge in [0, 0.05) is 5.92 Å². The molecular formula is C35H42O. The van der Waals surface area contributed by atoms with Gasteiger partial charge in [-0.3, -0.25) is 0 Å². The van der Waals surface area contributed by atoms with Crippen molar-refractivity contribution in [2.45, 2.75) is 96.5 Å². The van der Waals surface area contributed by atoms with Crippen molar-refractivity contribution >= 4 is 21.5 Å². The summed E-state index contributed by atoms with van der Waals surface area (Å²) in [6.45, 7) is 4.57. The first-order valence-corrected chi connectivity index (χ1v) is 14.4. The summed E-state index contributed by atoms with van der Waals surface area (Å²) >= 11 is 0. The molecule has 1 aliphatic rings. The van der Waals surface area contributed by atoms with Crippen LogP contribution in [0.2, 0.25) is 0 Å². The molecule has 5 rings (SSSR count). The van der Waals surface area contributed by atoms with Crippen LogP contribution in [0.3, 0.4) is 0 Å². The van der Waals surface area contributed by atoms with Crippen LogP contribution in [0, 0.1) is 0 Å². The van der Waals surface area contributed by atoms with E-state index in [0.29, 0.717) is 5.92 Å². The van der Waals surface area contributed by atoms with Crippen LogP contribution >= 0.6 is 0 Å². The number of para-hydroxylation sites is 1. The van der Waals surface area contributed by atoms with Gasteiger partial charge in [-0.1, -0.05) is 112 Å². The van der Waals surface area contributed by atoms with Crippen LogP contribution in [0.25, 0.3) is 21.5 Å². The summed E-state index contributed by atoms with van der Waals surface area (Å²) in [5, 5.41) is 5.51. The number of hydrogen-bond donors (Lipinski definition) is 0. The molecule has 0 spiro atoms. The summed E-state index contributed by atoms with van der Waals surface area (Å²) in [6, 6.07) is 26.9. The first kappa shape index (κ1) is 24.9. The van der Waals surface area contributed by atoms with Crippen molar-refractivity contribution in [3.05, 3.63) is 89.5 Å². The second-order valence-electron chi connectivity index (χ2n) is 10.8. The molecule has 0 radical (unpaired) electrons. The molecule has 36 heavy (non-hydrogen) atoms. The Balaban J connectivity index is 1.30. The highest BCUT2D eigenvalue weighted by Gasteiger charge is 2.28. The van der Waals surface area contributed by atoms with Crippen LogP contribution in [0.15, 0.2) is 72.8 Å². The van der Waals surface area contributed by atoms with Gasteiger partial charge in [-0.25, -0.2) is 0 Å². The Bertz CT molecular complexity index is 1290. The minimum atomic E-state index is 0.164. The van der Waals surface area contributed by atoms with Crippen molar-refractivity contribution in [1.29, 1.82) is 0 Å². The van der Waals surface area contributed by atoms with E-state index in [-0.39, 0.29) is 6.10 Å². The van der Waals surface area contributed by atoms with Gasteiger partial charge in [-0.05, 0) is 83.3 Å². The topological polar surface area (TPSA) is 9.23 Å². The molecule has 4 aromatic carbocycles. The third-order valence-electron chi connectivity index (χ3n) is 8.32. The first-order valence-electron chi connectivity index (χ1n) is 14.4. The smallest absolute Gasteiger partial charge is 0.122 e. The quantitative estimate of drug-likeness (QED) is 0.154. The Labute approximate surface area is 217 Å². The Morgan fingerprint density at radius 3 is 2.39 bits per heavy atom. The summed E-state index contributed by atoms with van der Waals surface area (Å²) in [5.41, 5.74) is 4.42. The van der Waals surface area contributed by atoms with Gasteiger partial charge in [0.05, 0.1) is 0 Å². The highest BCUT2D eigenvalue weighted by atomic mass is 16.5. The molecule has 1 nitrogen and oxygen atoms in total. The number of benzene rings is 4. The second kappa shape index (κ2) is 12.0.